The maximum absolute atomic E-state index is 4.62. The van der Waals surface area contributed by atoms with Gasteiger partial charge in [-0.15, -0.1) is 10.2 Å². The van der Waals surface area contributed by atoms with Crippen LogP contribution in [-0.4, -0.2) is 47.4 Å². The predicted molar refractivity (Wildman–Crippen MR) is 101 cm³/mol. The topological polar surface area (TPSA) is 97.9 Å². The zero-order valence-corrected chi connectivity index (χ0v) is 14.9. The third-order valence-corrected chi connectivity index (χ3v) is 4.87. The number of nitrogens with zero attached hydrogens (tertiary/aromatic N) is 7. The van der Waals surface area contributed by atoms with E-state index < -0.39 is 0 Å². The van der Waals surface area contributed by atoms with E-state index in [1.165, 1.54) is 0 Å². The van der Waals surface area contributed by atoms with Crippen molar-refractivity contribution in [2.45, 2.75) is 12.3 Å². The normalized spacial score (nSPS) is 16.9. The van der Waals surface area contributed by atoms with Gasteiger partial charge in [0.25, 0.3) is 0 Å². The molecule has 4 aromatic rings. The Morgan fingerprint density at radius 2 is 2.15 bits per heavy atom. The molecule has 0 bridgehead atoms. The molecule has 1 unspecified atom stereocenters. The van der Waals surface area contributed by atoms with Crippen LogP contribution in [0.4, 0.5) is 11.8 Å². The Balaban J connectivity index is 1.46. The summed E-state index contributed by atoms with van der Waals surface area (Å²) in [5, 5.41) is 19.5. The third-order valence-electron chi connectivity index (χ3n) is 4.87. The Hall–Kier alpha value is -3.33. The molecule has 0 saturated carbocycles. The van der Waals surface area contributed by atoms with E-state index in [1.54, 1.807) is 17.1 Å². The first-order chi connectivity index (χ1) is 13.3. The van der Waals surface area contributed by atoms with Gasteiger partial charge in [-0.1, -0.05) is 0 Å². The molecule has 1 atom stereocenters. The summed E-state index contributed by atoms with van der Waals surface area (Å²) in [4.78, 5) is 8.92. The fourth-order valence-electron chi connectivity index (χ4n) is 3.41. The molecule has 0 radical (unpaired) electrons. The fraction of sp³-hybridized carbons (Fsp3) is 0.278. The first-order valence-corrected chi connectivity index (χ1v) is 8.92. The number of hydrogen-bond donors (Lipinski definition) is 2. The molecule has 0 spiro atoms. The molecule has 4 aromatic heterocycles. The molecule has 9 heteroatoms. The van der Waals surface area contributed by atoms with Crippen LogP contribution in [0.1, 0.15) is 18.2 Å². The number of rotatable bonds is 4. The Kier molecular flexibility index (Phi) is 3.79. The first-order valence-electron chi connectivity index (χ1n) is 8.92. The van der Waals surface area contributed by atoms with E-state index in [-0.39, 0.29) is 0 Å². The molecule has 5 rings (SSSR count). The quantitative estimate of drug-likeness (QED) is 0.571. The highest BCUT2D eigenvalue weighted by atomic mass is 15.3. The van der Waals surface area contributed by atoms with Crippen molar-refractivity contribution in [1.82, 2.24) is 39.7 Å². The minimum absolute atomic E-state index is 0.416. The number of fused-ring (bicyclic) bond motifs is 1. The van der Waals surface area contributed by atoms with Gasteiger partial charge >= 0.3 is 0 Å². The van der Waals surface area contributed by atoms with Crippen molar-refractivity contribution in [2.75, 3.05) is 18.4 Å². The van der Waals surface area contributed by atoms with Gasteiger partial charge in [-0.05, 0) is 31.2 Å². The van der Waals surface area contributed by atoms with Crippen molar-refractivity contribution < 1.29 is 0 Å². The average Bonchev–Trinajstić information content (AvgIpc) is 3.43. The van der Waals surface area contributed by atoms with Crippen molar-refractivity contribution in [2.24, 2.45) is 7.05 Å². The Morgan fingerprint density at radius 1 is 1.19 bits per heavy atom. The number of aryl methyl sites for hydroxylation is 1. The average molecular weight is 361 g/mol. The molecule has 2 N–H and O–H groups in total. The molecule has 0 aliphatic carbocycles. The second-order valence-corrected chi connectivity index (χ2v) is 6.62. The van der Waals surface area contributed by atoms with Crippen LogP contribution in [0.3, 0.4) is 0 Å². The van der Waals surface area contributed by atoms with Crippen LogP contribution in [0.15, 0.2) is 42.9 Å². The molecule has 0 amide bonds. The van der Waals surface area contributed by atoms with E-state index in [2.05, 4.69) is 40.3 Å². The van der Waals surface area contributed by atoms with Gasteiger partial charge in [-0.25, -0.2) is 9.97 Å². The van der Waals surface area contributed by atoms with E-state index in [0.29, 0.717) is 11.9 Å². The van der Waals surface area contributed by atoms with Gasteiger partial charge in [0.15, 0.2) is 5.65 Å². The van der Waals surface area contributed by atoms with Crippen LogP contribution in [0.25, 0.3) is 16.9 Å². The van der Waals surface area contributed by atoms with Crippen LogP contribution in [0, 0.1) is 0 Å². The number of aromatic nitrogens is 7. The number of anilines is 2. The van der Waals surface area contributed by atoms with E-state index in [1.807, 2.05) is 37.5 Å². The molecular weight excluding hydrogens is 342 g/mol. The predicted octanol–water partition coefficient (Wildman–Crippen LogP) is 1.74. The summed E-state index contributed by atoms with van der Waals surface area (Å²) in [6, 6.07) is 7.81. The van der Waals surface area contributed by atoms with E-state index in [4.69, 9.17) is 0 Å². The standard InChI is InChI=1S/C18H19N9/c1-26-15(4-8-21-26)23-18-20-7-3-14(22-18)12-5-9-27-16(10-12)24-25-17(27)13-2-6-19-11-13/h3-5,7-10,13,19H,2,6,11H2,1H3,(H,20,22,23). The molecular formula is C18H19N9. The van der Waals surface area contributed by atoms with Gasteiger partial charge in [-0.2, -0.15) is 5.10 Å². The number of hydrogen-bond acceptors (Lipinski definition) is 7. The van der Waals surface area contributed by atoms with Gasteiger partial charge in [0.1, 0.15) is 11.6 Å². The molecule has 5 heterocycles. The summed E-state index contributed by atoms with van der Waals surface area (Å²) in [7, 11) is 1.86. The van der Waals surface area contributed by atoms with Crippen molar-refractivity contribution in [3.8, 4) is 11.3 Å². The monoisotopic (exact) mass is 361 g/mol. The zero-order chi connectivity index (χ0) is 18.2. The van der Waals surface area contributed by atoms with Crippen LogP contribution in [-0.2, 0) is 7.05 Å². The lowest BCUT2D eigenvalue weighted by Crippen LogP contribution is -2.10. The number of pyridine rings is 1. The van der Waals surface area contributed by atoms with Gasteiger partial charge in [-0.3, -0.25) is 9.08 Å². The summed E-state index contributed by atoms with van der Waals surface area (Å²) in [6.07, 6.45) is 6.58. The SMILES string of the molecule is Cn1nccc1Nc1nccc(-c2ccn3c(C4CCNC4)nnc3c2)n1. The molecule has 1 fully saturated rings. The van der Waals surface area contributed by atoms with Gasteiger partial charge in [0.05, 0.1) is 11.9 Å². The van der Waals surface area contributed by atoms with Crippen LogP contribution < -0.4 is 10.6 Å². The summed E-state index contributed by atoms with van der Waals surface area (Å²) in [5.41, 5.74) is 2.62. The van der Waals surface area contributed by atoms with Gasteiger partial charge in [0, 0.05) is 43.5 Å². The Bertz CT molecular complexity index is 1090. The van der Waals surface area contributed by atoms with Crippen molar-refractivity contribution in [3.63, 3.8) is 0 Å². The zero-order valence-electron chi connectivity index (χ0n) is 14.9. The third kappa shape index (κ3) is 2.91. The largest absolute Gasteiger partial charge is 0.316 e. The maximum Gasteiger partial charge on any atom is 0.228 e. The van der Waals surface area contributed by atoms with Crippen LogP contribution in [0.5, 0.6) is 0 Å². The summed E-state index contributed by atoms with van der Waals surface area (Å²) >= 11 is 0. The molecule has 1 aliphatic rings. The summed E-state index contributed by atoms with van der Waals surface area (Å²) in [6.45, 7) is 1.99. The molecule has 1 aliphatic heterocycles. The highest BCUT2D eigenvalue weighted by Crippen LogP contribution is 2.24. The smallest absolute Gasteiger partial charge is 0.228 e. The van der Waals surface area contributed by atoms with Crippen molar-refractivity contribution in [1.29, 1.82) is 0 Å². The minimum atomic E-state index is 0.416. The Morgan fingerprint density at radius 3 is 2.96 bits per heavy atom. The van der Waals surface area contributed by atoms with Crippen molar-refractivity contribution >= 4 is 17.4 Å². The maximum atomic E-state index is 4.62. The molecule has 136 valence electrons. The lowest BCUT2D eigenvalue weighted by Gasteiger charge is -2.08. The summed E-state index contributed by atoms with van der Waals surface area (Å²) in [5.74, 6) is 2.78. The molecule has 9 nitrogen and oxygen atoms in total. The van der Waals surface area contributed by atoms with Crippen LogP contribution >= 0.6 is 0 Å². The number of nitrogens with one attached hydrogen (secondary N) is 2. The van der Waals surface area contributed by atoms with Gasteiger partial charge < -0.3 is 10.6 Å². The second-order valence-electron chi connectivity index (χ2n) is 6.62. The molecule has 0 aromatic carbocycles. The minimum Gasteiger partial charge on any atom is -0.316 e. The van der Waals surface area contributed by atoms with E-state index in [9.17, 15) is 0 Å². The Labute approximate surface area is 155 Å². The first kappa shape index (κ1) is 15.9. The van der Waals surface area contributed by atoms with Crippen LogP contribution in [0.2, 0.25) is 0 Å². The van der Waals surface area contributed by atoms with Gasteiger partial charge in [0.2, 0.25) is 5.95 Å². The lowest BCUT2D eigenvalue weighted by atomic mass is 10.1. The highest BCUT2D eigenvalue weighted by Gasteiger charge is 2.22. The fourth-order valence-corrected chi connectivity index (χ4v) is 3.41. The highest BCUT2D eigenvalue weighted by molar-refractivity contribution is 5.65. The van der Waals surface area contributed by atoms with Crippen molar-refractivity contribution in [3.05, 3.63) is 48.7 Å². The second kappa shape index (κ2) is 6.44. The molecule has 1 saturated heterocycles. The molecule has 27 heavy (non-hydrogen) atoms. The lowest BCUT2D eigenvalue weighted by molar-refractivity contribution is 0.691. The van der Waals surface area contributed by atoms with E-state index in [0.717, 1.165) is 48.1 Å². The summed E-state index contributed by atoms with van der Waals surface area (Å²) < 4.78 is 3.80. The van der Waals surface area contributed by atoms with E-state index >= 15 is 0 Å².